The summed E-state index contributed by atoms with van der Waals surface area (Å²) >= 11 is 0. The van der Waals surface area contributed by atoms with E-state index >= 15 is 0 Å². The van der Waals surface area contributed by atoms with E-state index in [4.69, 9.17) is 9.84 Å². The van der Waals surface area contributed by atoms with Gasteiger partial charge in [0.15, 0.2) is 23.2 Å². The molecule has 0 fully saturated rings. The average molecular weight is 398 g/mol. The number of aliphatic hydroxyl groups is 1. The molecule has 0 bridgehead atoms. The molecule has 1 aromatic carbocycles. The van der Waals surface area contributed by atoms with Crippen LogP contribution in [-0.2, 0) is 13.0 Å². The summed E-state index contributed by atoms with van der Waals surface area (Å²) in [4.78, 5) is 4.30. The molecule has 0 radical (unpaired) electrons. The zero-order valence-corrected chi connectivity index (χ0v) is 16.1. The molecule has 0 unspecified atom stereocenters. The van der Waals surface area contributed by atoms with Gasteiger partial charge >= 0.3 is 0 Å². The van der Waals surface area contributed by atoms with Crippen LogP contribution in [0.1, 0.15) is 34.5 Å². The number of nitriles is 1. The van der Waals surface area contributed by atoms with Gasteiger partial charge in [0.2, 0.25) is 0 Å². The molecule has 6 nitrogen and oxygen atoms in total. The molecule has 8 heteroatoms. The summed E-state index contributed by atoms with van der Waals surface area (Å²) in [5, 5.41) is 22.7. The SMILES string of the molecule is Cc1ccc(-n2nc(C)c(C#N)c2COc2c(F)cc(CCCO)cc2F)nc1. The van der Waals surface area contributed by atoms with Gasteiger partial charge in [0.05, 0.1) is 5.69 Å². The molecule has 2 aromatic heterocycles. The highest BCUT2D eigenvalue weighted by atomic mass is 19.1. The Balaban J connectivity index is 1.91. The number of hydrogen-bond donors (Lipinski definition) is 1. The summed E-state index contributed by atoms with van der Waals surface area (Å²) in [5.74, 6) is -1.73. The van der Waals surface area contributed by atoms with Crippen LogP contribution in [-0.4, -0.2) is 26.5 Å². The Morgan fingerprint density at radius 2 is 1.93 bits per heavy atom. The number of hydrogen-bond acceptors (Lipinski definition) is 5. The van der Waals surface area contributed by atoms with Crippen molar-refractivity contribution in [3.63, 3.8) is 0 Å². The third kappa shape index (κ3) is 4.41. The van der Waals surface area contributed by atoms with E-state index in [1.807, 2.05) is 13.0 Å². The lowest BCUT2D eigenvalue weighted by molar-refractivity contribution is 0.266. The largest absolute Gasteiger partial charge is 0.481 e. The van der Waals surface area contributed by atoms with Gasteiger partial charge in [-0.05, 0) is 56.0 Å². The lowest BCUT2D eigenvalue weighted by atomic mass is 10.1. The quantitative estimate of drug-likeness (QED) is 0.658. The number of nitrogens with zero attached hydrogens (tertiary/aromatic N) is 4. The Morgan fingerprint density at radius 3 is 2.52 bits per heavy atom. The Morgan fingerprint density at radius 1 is 1.21 bits per heavy atom. The molecule has 0 saturated heterocycles. The van der Waals surface area contributed by atoms with E-state index in [1.54, 1.807) is 19.2 Å². The second kappa shape index (κ2) is 8.80. The maximum Gasteiger partial charge on any atom is 0.191 e. The normalized spacial score (nSPS) is 10.8. The molecule has 0 atom stereocenters. The highest BCUT2D eigenvalue weighted by Crippen LogP contribution is 2.26. The topological polar surface area (TPSA) is 84.0 Å². The van der Waals surface area contributed by atoms with Crippen molar-refractivity contribution >= 4 is 0 Å². The van der Waals surface area contributed by atoms with Crippen molar-refractivity contribution in [1.82, 2.24) is 14.8 Å². The predicted molar refractivity (Wildman–Crippen MR) is 102 cm³/mol. The van der Waals surface area contributed by atoms with Gasteiger partial charge in [-0.1, -0.05) is 6.07 Å². The van der Waals surface area contributed by atoms with Gasteiger partial charge in [-0.2, -0.15) is 10.4 Å². The number of aryl methyl sites for hydroxylation is 3. The second-order valence-corrected chi connectivity index (χ2v) is 6.63. The minimum absolute atomic E-state index is 0.0607. The van der Waals surface area contributed by atoms with Crippen LogP contribution in [0.2, 0.25) is 0 Å². The van der Waals surface area contributed by atoms with E-state index in [9.17, 15) is 14.0 Å². The van der Waals surface area contributed by atoms with Crippen LogP contribution in [0, 0.1) is 36.8 Å². The average Bonchev–Trinajstić information content (AvgIpc) is 3.01. The lowest BCUT2D eigenvalue weighted by Crippen LogP contribution is -2.10. The summed E-state index contributed by atoms with van der Waals surface area (Å²) in [6, 6.07) is 8.02. The van der Waals surface area contributed by atoms with E-state index in [0.29, 0.717) is 35.6 Å². The van der Waals surface area contributed by atoms with E-state index in [2.05, 4.69) is 16.2 Å². The molecule has 0 saturated carbocycles. The molecular weight excluding hydrogens is 378 g/mol. The Hall–Kier alpha value is -3.31. The van der Waals surface area contributed by atoms with Gasteiger partial charge in [-0.15, -0.1) is 0 Å². The maximum absolute atomic E-state index is 14.4. The first-order valence-electron chi connectivity index (χ1n) is 9.07. The Labute approximate surface area is 167 Å². The van der Waals surface area contributed by atoms with Gasteiger partial charge in [0, 0.05) is 12.8 Å². The molecule has 0 amide bonds. The van der Waals surface area contributed by atoms with Crippen LogP contribution in [0.3, 0.4) is 0 Å². The zero-order chi connectivity index (χ0) is 21.0. The number of rotatable bonds is 7. The van der Waals surface area contributed by atoms with Crippen LogP contribution in [0.4, 0.5) is 8.78 Å². The van der Waals surface area contributed by atoms with Gasteiger partial charge < -0.3 is 9.84 Å². The molecule has 3 rings (SSSR count). The first-order valence-corrected chi connectivity index (χ1v) is 9.07. The van der Waals surface area contributed by atoms with E-state index in [1.165, 1.54) is 16.8 Å². The number of aliphatic hydroxyl groups excluding tert-OH is 1. The van der Waals surface area contributed by atoms with Crippen LogP contribution in [0.5, 0.6) is 5.75 Å². The molecule has 29 heavy (non-hydrogen) atoms. The highest BCUT2D eigenvalue weighted by molar-refractivity contribution is 5.42. The van der Waals surface area contributed by atoms with Gasteiger partial charge in [0.25, 0.3) is 0 Å². The third-order valence-corrected chi connectivity index (χ3v) is 4.42. The number of pyridine rings is 1. The van der Waals surface area contributed by atoms with Crippen molar-refractivity contribution in [1.29, 1.82) is 5.26 Å². The molecule has 2 heterocycles. The van der Waals surface area contributed by atoms with Crippen molar-refractivity contribution in [3.05, 3.63) is 70.2 Å². The third-order valence-electron chi connectivity index (χ3n) is 4.42. The van der Waals surface area contributed by atoms with Crippen molar-refractivity contribution in [2.45, 2.75) is 33.3 Å². The number of benzene rings is 1. The minimum Gasteiger partial charge on any atom is -0.481 e. The summed E-state index contributed by atoms with van der Waals surface area (Å²) < 4.78 is 35.6. The van der Waals surface area contributed by atoms with Crippen LogP contribution >= 0.6 is 0 Å². The van der Waals surface area contributed by atoms with Crippen molar-refractivity contribution in [2.75, 3.05) is 6.61 Å². The molecule has 0 aliphatic rings. The Kier molecular flexibility index (Phi) is 6.20. The molecule has 0 aliphatic heterocycles. The first kappa shape index (κ1) is 20.4. The molecule has 1 N–H and O–H groups in total. The van der Waals surface area contributed by atoms with Gasteiger partial charge in [-0.3, -0.25) is 0 Å². The first-order chi connectivity index (χ1) is 13.9. The fourth-order valence-corrected chi connectivity index (χ4v) is 2.95. The lowest BCUT2D eigenvalue weighted by Gasteiger charge is -2.12. The number of halogens is 2. The summed E-state index contributed by atoms with van der Waals surface area (Å²) in [6.45, 7) is 3.24. The van der Waals surface area contributed by atoms with Crippen LogP contribution < -0.4 is 4.74 Å². The van der Waals surface area contributed by atoms with Crippen LogP contribution in [0.25, 0.3) is 5.82 Å². The standard InChI is InChI=1S/C21H20F2N4O2/c1-13-5-6-20(25-11-13)27-19(16(10-24)14(2)26-27)12-29-21-17(22)8-15(4-3-7-28)9-18(21)23/h5-6,8-9,11,28H,3-4,7,12H2,1-2H3. The fourth-order valence-electron chi connectivity index (χ4n) is 2.95. The van der Waals surface area contributed by atoms with Crippen molar-refractivity contribution < 1.29 is 18.6 Å². The van der Waals surface area contributed by atoms with Gasteiger partial charge in [0.1, 0.15) is 23.9 Å². The van der Waals surface area contributed by atoms with Crippen LogP contribution in [0.15, 0.2) is 30.5 Å². The molecule has 0 spiro atoms. The number of aromatic nitrogens is 3. The zero-order valence-electron chi connectivity index (χ0n) is 16.1. The summed E-state index contributed by atoms with van der Waals surface area (Å²) in [7, 11) is 0. The van der Waals surface area contributed by atoms with Gasteiger partial charge in [-0.25, -0.2) is 18.4 Å². The van der Waals surface area contributed by atoms with Crippen molar-refractivity contribution in [3.8, 4) is 17.6 Å². The molecule has 150 valence electrons. The fraction of sp³-hybridized carbons (Fsp3) is 0.286. The monoisotopic (exact) mass is 398 g/mol. The molecule has 3 aromatic rings. The smallest absolute Gasteiger partial charge is 0.191 e. The summed E-state index contributed by atoms with van der Waals surface area (Å²) in [6.07, 6.45) is 2.42. The minimum atomic E-state index is -0.840. The highest BCUT2D eigenvalue weighted by Gasteiger charge is 2.20. The summed E-state index contributed by atoms with van der Waals surface area (Å²) in [5.41, 5.74) is 2.48. The maximum atomic E-state index is 14.4. The van der Waals surface area contributed by atoms with E-state index in [0.717, 1.165) is 5.56 Å². The number of ether oxygens (including phenoxy) is 1. The molecule has 0 aliphatic carbocycles. The van der Waals surface area contributed by atoms with E-state index in [-0.39, 0.29) is 18.8 Å². The second-order valence-electron chi connectivity index (χ2n) is 6.63. The van der Waals surface area contributed by atoms with E-state index < -0.39 is 17.4 Å². The Bertz CT molecular complexity index is 1030. The molecular formula is C21H20F2N4O2. The predicted octanol–water partition coefficient (Wildman–Crippen LogP) is 3.54. The van der Waals surface area contributed by atoms with Crippen molar-refractivity contribution in [2.24, 2.45) is 0 Å².